The molecule has 2 aromatic heterocycles. The predicted octanol–water partition coefficient (Wildman–Crippen LogP) is 2.63. The molecule has 0 N–H and O–H groups in total. The number of nitrogens with zero attached hydrogens (tertiary/aromatic N) is 3. The number of carbonyl (C=O) groups excluding carboxylic acids is 1. The molecule has 0 atom stereocenters. The topological polar surface area (TPSA) is 57.0 Å². The molecule has 2 heterocycles. The van der Waals surface area contributed by atoms with Crippen LogP contribution in [0.5, 0.6) is 0 Å². The predicted molar refractivity (Wildman–Crippen MR) is 68.1 cm³/mol. The number of halogens is 1. The van der Waals surface area contributed by atoms with Crippen molar-refractivity contribution < 1.29 is 9.53 Å². The number of ether oxygens (including phenoxy) is 1. The standard InChI is InChI=1S/C12H14ClN3O2/c1-12(2,3)11(17)18-7-16-5-4-8-10(16)14-6-9(13)15-8/h4-6H,7H2,1-3H3. The Morgan fingerprint density at radius 2 is 2.22 bits per heavy atom. The average Bonchev–Trinajstić information content (AvgIpc) is 2.66. The van der Waals surface area contributed by atoms with Crippen LogP contribution in [-0.2, 0) is 16.3 Å². The molecule has 0 radical (unpaired) electrons. The SMILES string of the molecule is CC(C)(C)C(=O)OCn1ccc2nc(Cl)cnc21. The van der Waals surface area contributed by atoms with E-state index in [4.69, 9.17) is 16.3 Å². The fourth-order valence-electron chi connectivity index (χ4n) is 1.39. The lowest BCUT2D eigenvalue weighted by molar-refractivity contribution is -0.156. The van der Waals surface area contributed by atoms with E-state index in [1.54, 1.807) is 16.8 Å². The van der Waals surface area contributed by atoms with Gasteiger partial charge in [-0.1, -0.05) is 11.6 Å². The van der Waals surface area contributed by atoms with Gasteiger partial charge in [0.25, 0.3) is 0 Å². The molecule has 0 unspecified atom stereocenters. The first-order valence-corrected chi connectivity index (χ1v) is 5.90. The van der Waals surface area contributed by atoms with Crippen molar-refractivity contribution in [1.29, 1.82) is 0 Å². The monoisotopic (exact) mass is 267 g/mol. The van der Waals surface area contributed by atoms with Crippen LogP contribution in [0.1, 0.15) is 20.8 Å². The Kier molecular flexibility index (Phi) is 3.26. The highest BCUT2D eigenvalue weighted by Crippen LogP contribution is 2.17. The fraction of sp³-hybridized carbons (Fsp3) is 0.417. The summed E-state index contributed by atoms with van der Waals surface area (Å²) in [7, 11) is 0. The first kappa shape index (κ1) is 12.8. The quantitative estimate of drug-likeness (QED) is 0.785. The number of esters is 1. The molecule has 0 spiro atoms. The van der Waals surface area contributed by atoms with E-state index < -0.39 is 5.41 Å². The Morgan fingerprint density at radius 3 is 2.89 bits per heavy atom. The summed E-state index contributed by atoms with van der Waals surface area (Å²) in [5.41, 5.74) is 0.799. The van der Waals surface area contributed by atoms with Gasteiger partial charge in [0, 0.05) is 6.20 Å². The Morgan fingerprint density at radius 1 is 1.50 bits per heavy atom. The van der Waals surface area contributed by atoms with Gasteiger partial charge in [0.1, 0.15) is 10.7 Å². The lowest BCUT2D eigenvalue weighted by Crippen LogP contribution is -2.23. The second-order valence-corrected chi connectivity index (χ2v) is 5.39. The Balaban J connectivity index is 2.16. The summed E-state index contributed by atoms with van der Waals surface area (Å²) in [5, 5.41) is 0.340. The van der Waals surface area contributed by atoms with E-state index in [9.17, 15) is 4.79 Å². The van der Waals surface area contributed by atoms with Gasteiger partial charge < -0.3 is 4.74 Å². The van der Waals surface area contributed by atoms with E-state index in [0.717, 1.165) is 0 Å². The summed E-state index contributed by atoms with van der Waals surface area (Å²) >= 11 is 5.75. The second kappa shape index (κ2) is 4.57. The molecule has 0 saturated heterocycles. The van der Waals surface area contributed by atoms with Gasteiger partial charge in [-0.15, -0.1) is 0 Å². The molecule has 96 valence electrons. The zero-order valence-electron chi connectivity index (χ0n) is 10.5. The summed E-state index contributed by atoms with van der Waals surface area (Å²) in [5.74, 6) is -0.258. The fourth-order valence-corrected chi connectivity index (χ4v) is 1.53. The third-order valence-corrected chi connectivity index (χ3v) is 2.56. The number of hydrogen-bond donors (Lipinski definition) is 0. The van der Waals surface area contributed by atoms with Crippen molar-refractivity contribution in [2.24, 2.45) is 5.41 Å². The Hall–Kier alpha value is -1.62. The van der Waals surface area contributed by atoms with Gasteiger partial charge in [0.2, 0.25) is 0 Å². The number of hydrogen-bond acceptors (Lipinski definition) is 4. The first-order chi connectivity index (χ1) is 8.38. The zero-order valence-corrected chi connectivity index (χ0v) is 11.2. The number of carbonyl (C=O) groups is 1. The van der Waals surface area contributed by atoms with Crippen LogP contribution in [0.4, 0.5) is 0 Å². The average molecular weight is 268 g/mol. The number of fused-ring (bicyclic) bond motifs is 1. The van der Waals surface area contributed by atoms with Crippen molar-refractivity contribution in [3.8, 4) is 0 Å². The second-order valence-electron chi connectivity index (χ2n) is 5.00. The molecule has 0 aliphatic heterocycles. The molecule has 0 aromatic carbocycles. The van der Waals surface area contributed by atoms with Crippen LogP contribution in [0.2, 0.25) is 5.15 Å². The summed E-state index contributed by atoms with van der Waals surface area (Å²) in [6, 6.07) is 1.78. The smallest absolute Gasteiger partial charge is 0.312 e. The third kappa shape index (κ3) is 2.61. The lowest BCUT2D eigenvalue weighted by atomic mass is 9.98. The molecule has 0 aliphatic rings. The normalized spacial score (nSPS) is 11.8. The molecule has 0 saturated carbocycles. The maximum absolute atomic E-state index is 11.7. The minimum Gasteiger partial charge on any atom is -0.443 e. The van der Waals surface area contributed by atoms with E-state index >= 15 is 0 Å². The van der Waals surface area contributed by atoms with Gasteiger partial charge in [0.15, 0.2) is 12.4 Å². The van der Waals surface area contributed by atoms with Crippen molar-refractivity contribution in [1.82, 2.24) is 14.5 Å². The van der Waals surface area contributed by atoms with Crippen LogP contribution in [0, 0.1) is 5.41 Å². The molecule has 6 heteroatoms. The van der Waals surface area contributed by atoms with Crippen LogP contribution in [-0.4, -0.2) is 20.5 Å². The van der Waals surface area contributed by atoms with Crippen LogP contribution in [0.15, 0.2) is 18.5 Å². The molecule has 18 heavy (non-hydrogen) atoms. The maximum Gasteiger partial charge on any atom is 0.312 e. The van der Waals surface area contributed by atoms with E-state index in [0.29, 0.717) is 16.3 Å². The largest absolute Gasteiger partial charge is 0.443 e. The molecule has 2 rings (SSSR count). The highest BCUT2D eigenvalue weighted by Gasteiger charge is 2.23. The summed E-state index contributed by atoms with van der Waals surface area (Å²) < 4.78 is 6.92. The molecular weight excluding hydrogens is 254 g/mol. The molecule has 0 bridgehead atoms. The molecule has 0 fully saturated rings. The molecule has 5 nitrogen and oxygen atoms in total. The Labute approximate surface area is 110 Å². The highest BCUT2D eigenvalue weighted by molar-refractivity contribution is 6.29. The van der Waals surface area contributed by atoms with E-state index in [2.05, 4.69) is 9.97 Å². The van der Waals surface area contributed by atoms with Crippen molar-refractivity contribution in [2.75, 3.05) is 0 Å². The minimum atomic E-state index is -0.516. The molecule has 2 aromatic rings. The Bertz CT molecular complexity index is 587. The van der Waals surface area contributed by atoms with Crippen LogP contribution in [0.25, 0.3) is 11.2 Å². The van der Waals surface area contributed by atoms with Crippen molar-refractivity contribution in [3.05, 3.63) is 23.6 Å². The van der Waals surface area contributed by atoms with Gasteiger partial charge in [-0.3, -0.25) is 9.36 Å². The lowest BCUT2D eigenvalue weighted by Gasteiger charge is -2.16. The summed E-state index contributed by atoms with van der Waals surface area (Å²) in [6.45, 7) is 5.55. The van der Waals surface area contributed by atoms with Gasteiger partial charge in [-0.2, -0.15) is 0 Å². The molecule has 0 aliphatic carbocycles. The van der Waals surface area contributed by atoms with Gasteiger partial charge in [0.05, 0.1) is 11.6 Å². The van der Waals surface area contributed by atoms with Gasteiger partial charge in [-0.05, 0) is 26.8 Å². The van der Waals surface area contributed by atoms with Crippen LogP contribution < -0.4 is 0 Å². The molecular formula is C12H14ClN3O2. The van der Waals surface area contributed by atoms with Crippen LogP contribution >= 0.6 is 11.6 Å². The molecule has 0 amide bonds. The minimum absolute atomic E-state index is 0.121. The van der Waals surface area contributed by atoms with E-state index in [1.807, 2.05) is 20.8 Å². The maximum atomic E-state index is 11.7. The van der Waals surface area contributed by atoms with Crippen molar-refractivity contribution in [3.63, 3.8) is 0 Å². The van der Waals surface area contributed by atoms with Crippen LogP contribution in [0.3, 0.4) is 0 Å². The number of aromatic nitrogens is 3. The van der Waals surface area contributed by atoms with E-state index in [-0.39, 0.29) is 12.7 Å². The van der Waals surface area contributed by atoms with E-state index in [1.165, 1.54) is 6.20 Å². The number of rotatable bonds is 2. The van der Waals surface area contributed by atoms with Gasteiger partial charge in [-0.25, -0.2) is 9.97 Å². The van der Waals surface area contributed by atoms with Crippen molar-refractivity contribution >= 4 is 28.7 Å². The first-order valence-electron chi connectivity index (χ1n) is 5.52. The van der Waals surface area contributed by atoms with Crippen molar-refractivity contribution in [2.45, 2.75) is 27.5 Å². The third-order valence-electron chi connectivity index (χ3n) is 2.38. The zero-order chi connectivity index (χ0) is 13.3. The summed E-state index contributed by atoms with van der Waals surface area (Å²) in [6.07, 6.45) is 3.23. The summed E-state index contributed by atoms with van der Waals surface area (Å²) in [4.78, 5) is 19.9. The van der Waals surface area contributed by atoms with Gasteiger partial charge >= 0.3 is 5.97 Å². The highest BCUT2D eigenvalue weighted by atomic mass is 35.5.